The van der Waals surface area contributed by atoms with Crippen LogP contribution in [0.3, 0.4) is 0 Å². The van der Waals surface area contributed by atoms with Gasteiger partial charge < -0.3 is 9.47 Å². The second kappa shape index (κ2) is 7.18. The van der Waals surface area contributed by atoms with Crippen LogP contribution >= 0.6 is 0 Å². The quantitative estimate of drug-likeness (QED) is 0.552. The highest BCUT2D eigenvalue weighted by atomic mass is 16.6. The van der Waals surface area contributed by atoms with Crippen molar-refractivity contribution in [3.05, 3.63) is 105 Å². The highest BCUT2D eigenvalue weighted by molar-refractivity contribution is 5.96. The van der Waals surface area contributed by atoms with E-state index in [9.17, 15) is 14.6 Å². The van der Waals surface area contributed by atoms with Gasteiger partial charge in [-0.15, -0.1) is 9.81 Å². The molecule has 146 valence electrons. The molecule has 0 aromatic heterocycles. The molecule has 4 rings (SSSR count). The van der Waals surface area contributed by atoms with Crippen molar-refractivity contribution in [3.63, 3.8) is 0 Å². The van der Waals surface area contributed by atoms with Crippen molar-refractivity contribution in [2.75, 3.05) is 6.61 Å². The Morgan fingerprint density at radius 1 is 1.14 bits per heavy atom. The van der Waals surface area contributed by atoms with Gasteiger partial charge in [0.1, 0.15) is 11.4 Å². The Bertz CT molecular complexity index is 1050. The van der Waals surface area contributed by atoms with Gasteiger partial charge in [-0.2, -0.15) is 0 Å². The van der Waals surface area contributed by atoms with E-state index in [0.29, 0.717) is 16.7 Å². The molecule has 0 radical (unpaired) electrons. The summed E-state index contributed by atoms with van der Waals surface area (Å²) in [5, 5.41) is 5.96. The Balaban J connectivity index is 1.94. The van der Waals surface area contributed by atoms with Gasteiger partial charge in [-0.05, 0) is 53.2 Å². The number of carbonyl (C=O) groups excluding carboxylic acids is 1. The van der Waals surface area contributed by atoms with Gasteiger partial charge in [0.25, 0.3) is 0 Å². The molecular weight excluding hydrogens is 372 g/mol. The number of ether oxygens (including phenoxy) is 2. The molecule has 3 aliphatic rings. The molecule has 2 aliphatic heterocycles. The molecule has 0 fully saturated rings. The van der Waals surface area contributed by atoms with Crippen LogP contribution < -0.4 is 0 Å². The summed E-state index contributed by atoms with van der Waals surface area (Å²) in [6, 6.07) is 5.52. The first-order valence-corrected chi connectivity index (χ1v) is 9.10. The van der Waals surface area contributed by atoms with E-state index in [2.05, 4.69) is 16.9 Å². The standard InChI is InChI=1S/C22H18N2O5/c1-13-3-7-18-17(11-13)21(25)29-22(18)14(2)4-5-15(23-26)9-10-28-20-12-16(24-27)6-8-19(20)22/h3-9,11-12,19-20H,2,10H2,1H3/b5-4-,15-9+. The van der Waals surface area contributed by atoms with Crippen molar-refractivity contribution in [2.45, 2.75) is 18.6 Å². The van der Waals surface area contributed by atoms with Crippen LogP contribution in [0.1, 0.15) is 21.5 Å². The Morgan fingerprint density at radius 2 is 1.93 bits per heavy atom. The van der Waals surface area contributed by atoms with Crippen LogP contribution in [0.25, 0.3) is 0 Å². The third kappa shape index (κ3) is 3.00. The second-order valence-electron chi connectivity index (χ2n) is 7.12. The summed E-state index contributed by atoms with van der Waals surface area (Å²) < 4.78 is 11.9. The lowest BCUT2D eigenvalue weighted by Gasteiger charge is -2.40. The molecule has 3 unspecified atom stereocenters. The van der Waals surface area contributed by atoms with Crippen molar-refractivity contribution >= 4 is 5.97 Å². The fraction of sp³-hybridized carbons (Fsp3) is 0.227. The van der Waals surface area contributed by atoms with Gasteiger partial charge >= 0.3 is 5.97 Å². The average Bonchev–Trinajstić information content (AvgIpc) is 3.02. The lowest BCUT2D eigenvalue weighted by molar-refractivity contribution is -0.0462. The van der Waals surface area contributed by atoms with E-state index in [-0.39, 0.29) is 18.0 Å². The molecule has 1 spiro atoms. The number of fused-ring (bicyclic) bond motifs is 4. The molecule has 1 aromatic rings. The molecule has 7 nitrogen and oxygen atoms in total. The number of aryl methyl sites for hydroxylation is 1. The van der Waals surface area contributed by atoms with Gasteiger partial charge in [-0.25, -0.2) is 4.79 Å². The molecule has 1 aliphatic carbocycles. The van der Waals surface area contributed by atoms with Gasteiger partial charge in [-0.1, -0.05) is 36.4 Å². The summed E-state index contributed by atoms with van der Waals surface area (Å²) in [5.74, 6) is -0.952. The smallest absolute Gasteiger partial charge is 0.339 e. The van der Waals surface area contributed by atoms with E-state index in [1.165, 1.54) is 12.2 Å². The predicted molar refractivity (Wildman–Crippen MR) is 107 cm³/mol. The molecule has 0 bridgehead atoms. The largest absolute Gasteiger partial charge is 0.445 e. The average molecular weight is 390 g/mol. The van der Waals surface area contributed by atoms with Crippen molar-refractivity contribution in [3.8, 4) is 0 Å². The number of esters is 1. The number of nitroso groups, excluding NO2 is 2. The molecule has 3 atom stereocenters. The third-order valence-electron chi connectivity index (χ3n) is 5.41. The summed E-state index contributed by atoms with van der Waals surface area (Å²) in [6.45, 7) is 6.12. The van der Waals surface area contributed by atoms with Gasteiger partial charge in [-0.3, -0.25) is 0 Å². The first-order chi connectivity index (χ1) is 14.0. The number of hydrogen-bond acceptors (Lipinski definition) is 7. The molecule has 7 heteroatoms. The summed E-state index contributed by atoms with van der Waals surface area (Å²) in [5.41, 5.74) is 1.62. The van der Waals surface area contributed by atoms with Crippen molar-refractivity contribution in [1.29, 1.82) is 0 Å². The summed E-state index contributed by atoms with van der Waals surface area (Å²) >= 11 is 0. The van der Waals surface area contributed by atoms with Crippen LogP contribution in [-0.4, -0.2) is 18.7 Å². The fourth-order valence-electron chi connectivity index (χ4n) is 4.02. The van der Waals surface area contributed by atoms with E-state index in [4.69, 9.17) is 9.47 Å². The zero-order chi connectivity index (χ0) is 20.6. The maximum Gasteiger partial charge on any atom is 0.339 e. The second-order valence-corrected chi connectivity index (χ2v) is 7.12. The van der Waals surface area contributed by atoms with Crippen molar-refractivity contribution < 1.29 is 14.3 Å². The van der Waals surface area contributed by atoms with E-state index in [0.717, 1.165) is 5.56 Å². The third-order valence-corrected chi connectivity index (χ3v) is 5.41. The molecule has 0 saturated carbocycles. The molecule has 0 saturated heterocycles. The lowest BCUT2D eigenvalue weighted by Crippen LogP contribution is -2.44. The zero-order valence-corrected chi connectivity index (χ0v) is 15.7. The molecular formula is C22H18N2O5. The number of rotatable bonds is 2. The van der Waals surface area contributed by atoms with Gasteiger partial charge in [0.2, 0.25) is 0 Å². The van der Waals surface area contributed by atoms with Crippen molar-refractivity contribution in [2.24, 2.45) is 16.3 Å². The van der Waals surface area contributed by atoms with E-state index < -0.39 is 23.6 Å². The van der Waals surface area contributed by atoms with Gasteiger partial charge in [0.05, 0.1) is 24.2 Å². The normalized spacial score (nSPS) is 31.1. The summed E-state index contributed by atoms with van der Waals surface area (Å²) in [4.78, 5) is 34.9. The molecule has 0 amide bonds. The Kier molecular flexibility index (Phi) is 4.68. The Labute approximate surface area is 167 Å². The predicted octanol–water partition coefficient (Wildman–Crippen LogP) is 4.36. The number of nitrogens with zero attached hydrogens (tertiary/aromatic N) is 2. The van der Waals surface area contributed by atoms with Gasteiger partial charge in [0.15, 0.2) is 5.60 Å². The molecule has 0 N–H and O–H groups in total. The molecule has 29 heavy (non-hydrogen) atoms. The Morgan fingerprint density at radius 3 is 2.69 bits per heavy atom. The topological polar surface area (TPSA) is 94.4 Å². The van der Waals surface area contributed by atoms with Crippen LogP contribution in [0.4, 0.5) is 0 Å². The number of carbonyl (C=O) groups is 1. The monoisotopic (exact) mass is 390 g/mol. The van der Waals surface area contributed by atoms with Gasteiger partial charge in [0, 0.05) is 5.56 Å². The molecule has 2 heterocycles. The minimum atomic E-state index is -1.26. The summed E-state index contributed by atoms with van der Waals surface area (Å²) in [6.07, 6.45) is 8.96. The van der Waals surface area contributed by atoms with Crippen LogP contribution in [0, 0.1) is 22.7 Å². The van der Waals surface area contributed by atoms with Crippen molar-refractivity contribution in [1.82, 2.24) is 0 Å². The van der Waals surface area contributed by atoms with Crippen LogP contribution in [-0.2, 0) is 15.1 Å². The first-order valence-electron chi connectivity index (χ1n) is 9.10. The minimum Gasteiger partial charge on any atom is -0.445 e. The highest BCUT2D eigenvalue weighted by Crippen LogP contribution is 2.51. The number of benzene rings is 1. The van der Waals surface area contributed by atoms with E-state index >= 15 is 0 Å². The zero-order valence-electron chi connectivity index (χ0n) is 15.7. The summed E-state index contributed by atoms with van der Waals surface area (Å²) in [7, 11) is 0. The maximum atomic E-state index is 12.8. The highest BCUT2D eigenvalue weighted by Gasteiger charge is 2.54. The van der Waals surface area contributed by atoms with Crippen LogP contribution in [0.2, 0.25) is 0 Å². The number of hydrogen-bond donors (Lipinski definition) is 0. The van der Waals surface area contributed by atoms with Crippen LogP contribution in [0.5, 0.6) is 0 Å². The first kappa shape index (κ1) is 18.9. The fourth-order valence-corrected chi connectivity index (χ4v) is 4.02. The van der Waals surface area contributed by atoms with Crippen LogP contribution in [0.15, 0.2) is 88.6 Å². The maximum absolute atomic E-state index is 12.8. The number of allylic oxidation sites excluding steroid dienone is 2. The van der Waals surface area contributed by atoms with E-state index in [1.54, 1.807) is 30.4 Å². The minimum absolute atomic E-state index is 0.0836. The van der Waals surface area contributed by atoms with E-state index in [1.807, 2.05) is 19.1 Å². The SMILES string of the molecule is C=C1/C=C\C(N=O)=C/COC2C=C(N=O)C=CC2C12OC(=O)c1cc(C)ccc12. The molecule has 1 aromatic carbocycles. The Hall–Kier alpha value is -3.45. The lowest BCUT2D eigenvalue weighted by atomic mass is 9.71.